The Bertz CT molecular complexity index is 1040. The summed E-state index contributed by atoms with van der Waals surface area (Å²) in [6, 6.07) is 22.9. The molecule has 5 rings (SSSR count). The third kappa shape index (κ3) is 4.67. The Morgan fingerprint density at radius 1 is 0.906 bits per heavy atom. The Labute approximate surface area is 189 Å². The Kier molecular flexibility index (Phi) is 6.15. The molecule has 1 atom stereocenters. The van der Waals surface area contributed by atoms with E-state index in [0.717, 1.165) is 57.4 Å². The van der Waals surface area contributed by atoms with E-state index in [-0.39, 0.29) is 11.9 Å². The molecular weight excluding hydrogens is 396 g/mol. The highest BCUT2D eigenvalue weighted by Crippen LogP contribution is 2.30. The van der Waals surface area contributed by atoms with E-state index in [1.807, 2.05) is 18.2 Å². The maximum absolute atomic E-state index is 12.8. The van der Waals surface area contributed by atoms with Crippen LogP contribution in [0.5, 0.6) is 0 Å². The molecule has 0 saturated carbocycles. The van der Waals surface area contributed by atoms with Crippen molar-refractivity contribution >= 4 is 11.7 Å². The fourth-order valence-corrected chi connectivity index (χ4v) is 5.06. The number of hydrogen-bond acceptors (Lipinski definition) is 4. The number of hydrogen-bond donors (Lipinski definition) is 1. The van der Waals surface area contributed by atoms with Crippen LogP contribution < -0.4 is 10.2 Å². The van der Waals surface area contributed by atoms with E-state index in [1.165, 1.54) is 16.7 Å². The van der Waals surface area contributed by atoms with Gasteiger partial charge in [-0.05, 0) is 73.3 Å². The van der Waals surface area contributed by atoms with Crippen molar-refractivity contribution in [2.75, 3.05) is 18.0 Å². The molecule has 1 unspecified atom stereocenters. The molecule has 32 heavy (non-hydrogen) atoms. The predicted molar refractivity (Wildman–Crippen MR) is 127 cm³/mol. The van der Waals surface area contributed by atoms with Gasteiger partial charge in [-0.2, -0.15) is 0 Å². The SMILES string of the molecule is O=C(NC1CCCc2ccccc21)c1ccc(N2CCC(Cc3ccccc3)CC2)nn1. The number of rotatable bonds is 5. The minimum atomic E-state index is -0.146. The van der Waals surface area contributed by atoms with Crippen molar-refractivity contribution in [2.45, 2.75) is 44.6 Å². The smallest absolute Gasteiger partial charge is 0.272 e. The van der Waals surface area contributed by atoms with Crippen molar-refractivity contribution in [3.05, 3.63) is 89.1 Å². The third-order valence-electron chi connectivity index (χ3n) is 6.86. The molecule has 1 saturated heterocycles. The van der Waals surface area contributed by atoms with Gasteiger partial charge in [0.2, 0.25) is 0 Å². The van der Waals surface area contributed by atoms with Crippen molar-refractivity contribution < 1.29 is 4.79 Å². The minimum absolute atomic E-state index is 0.0533. The molecule has 2 heterocycles. The summed E-state index contributed by atoms with van der Waals surface area (Å²) in [5.41, 5.74) is 4.37. The van der Waals surface area contributed by atoms with Crippen LogP contribution in [0.1, 0.15) is 58.9 Å². The van der Waals surface area contributed by atoms with Crippen molar-refractivity contribution in [1.29, 1.82) is 0 Å². The van der Waals surface area contributed by atoms with Crippen LogP contribution in [-0.2, 0) is 12.8 Å². The van der Waals surface area contributed by atoms with Gasteiger partial charge in [-0.15, -0.1) is 10.2 Å². The second-order valence-corrected chi connectivity index (χ2v) is 9.01. The van der Waals surface area contributed by atoms with E-state index in [1.54, 1.807) is 0 Å². The molecule has 1 fully saturated rings. The summed E-state index contributed by atoms with van der Waals surface area (Å²) in [6.07, 6.45) is 6.58. The molecule has 0 spiro atoms. The predicted octanol–water partition coefficient (Wildman–Crippen LogP) is 4.74. The van der Waals surface area contributed by atoms with E-state index in [4.69, 9.17) is 0 Å². The highest BCUT2D eigenvalue weighted by atomic mass is 16.2. The molecule has 164 valence electrons. The van der Waals surface area contributed by atoms with Crippen LogP contribution in [0.2, 0.25) is 0 Å². The van der Waals surface area contributed by atoms with Crippen LogP contribution in [0.3, 0.4) is 0 Å². The van der Waals surface area contributed by atoms with Gasteiger partial charge in [-0.3, -0.25) is 4.79 Å². The largest absolute Gasteiger partial charge is 0.355 e. The maximum Gasteiger partial charge on any atom is 0.272 e. The van der Waals surface area contributed by atoms with Gasteiger partial charge in [0.05, 0.1) is 6.04 Å². The number of benzene rings is 2. The fraction of sp³-hybridized carbons (Fsp3) is 0.370. The zero-order valence-corrected chi connectivity index (χ0v) is 18.4. The number of carbonyl (C=O) groups excluding carboxylic acids is 1. The highest BCUT2D eigenvalue weighted by molar-refractivity contribution is 5.92. The summed E-state index contributed by atoms with van der Waals surface area (Å²) in [5.74, 6) is 1.43. The molecule has 1 aliphatic carbocycles. The minimum Gasteiger partial charge on any atom is -0.355 e. The monoisotopic (exact) mass is 426 g/mol. The summed E-state index contributed by atoms with van der Waals surface area (Å²) in [7, 11) is 0. The maximum atomic E-state index is 12.8. The molecule has 0 radical (unpaired) electrons. The molecule has 1 aromatic heterocycles. The quantitative estimate of drug-likeness (QED) is 0.640. The number of amides is 1. The average Bonchev–Trinajstić information content (AvgIpc) is 2.85. The number of aryl methyl sites for hydroxylation is 1. The van der Waals surface area contributed by atoms with Crippen molar-refractivity contribution in [3.63, 3.8) is 0 Å². The number of anilines is 1. The Morgan fingerprint density at radius 2 is 1.69 bits per heavy atom. The van der Waals surface area contributed by atoms with Crippen LogP contribution in [-0.4, -0.2) is 29.2 Å². The van der Waals surface area contributed by atoms with Gasteiger partial charge < -0.3 is 10.2 Å². The Hall–Kier alpha value is -3.21. The van der Waals surface area contributed by atoms with Gasteiger partial charge in [0.1, 0.15) is 0 Å². The van der Waals surface area contributed by atoms with Gasteiger partial charge in [-0.25, -0.2) is 0 Å². The summed E-state index contributed by atoms with van der Waals surface area (Å²) < 4.78 is 0. The molecule has 5 heteroatoms. The van der Waals surface area contributed by atoms with Gasteiger partial charge in [0.15, 0.2) is 11.5 Å². The molecule has 2 aliphatic rings. The fourth-order valence-electron chi connectivity index (χ4n) is 5.06. The number of carbonyl (C=O) groups is 1. The van der Waals surface area contributed by atoms with Crippen molar-refractivity contribution in [1.82, 2.24) is 15.5 Å². The summed E-state index contributed by atoms with van der Waals surface area (Å²) in [4.78, 5) is 15.1. The summed E-state index contributed by atoms with van der Waals surface area (Å²) in [5, 5.41) is 11.8. The normalized spacial score (nSPS) is 18.8. The number of nitrogens with zero attached hydrogens (tertiary/aromatic N) is 3. The first-order valence-electron chi connectivity index (χ1n) is 11.8. The number of aromatic nitrogens is 2. The lowest BCUT2D eigenvalue weighted by Gasteiger charge is -2.32. The number of fused-ring (bicyclic) bond motifs is 1. The van der Waals surface area contributed by atoms with E-state index >= 15 is 0 Å². The topological polar surface area (TPSA) is 58.1 Å². The third-order valence-corrected chi connectivity index (χ3v) is 6.86. The van der Waals surface area contributed by atoms with Crippen LogP contribution in [0.4, 0.5) is 5.82 Å². The first-order valence-corrected chi connectivity index (χ1v) is 11.8. The van der Waals surface area contributed by atoms with E-state index < -0.39 is 0 Å². The van der Waals surface area contributed by atoms with E-state index in [2.05, 4.69) is 68.9 Å². The average molecular weight is 427 g/mol. The molecule has 2 aromatic carbocycles. The van der Waals surface area contributed by atoms with Crippen LogP contribution >= 0.6 is 0 Å². The molecule has 5 nitrogen and oxygen atoms in total. The standard InChI is InChI=1S/C27H30N4O/c32-27(28-24-12-6-10-22-9-4-5-11-23(22)24)25-13-14-26(30-29-25)31-17-15-21(16-18-31)19-20-7-2-1-3-8-20/h1-5,7-9,11,13-14,21,24H,6,10,12,15-19H2,(H,28,32). The van der Waals surface area contributed by atoms with E-state index in [0.29, 0.717) is 11.6 Å². The summed E-state index contributed by atoms with van der Waals surface area (Å²) >= 11 is 0. The zero-order chi connectivity index (χ0) is 21.8. The molecule has 1 amide bonds. The Morgan fingerprint density at radius 3 is 2.47 bits per heavy atom. The lowest BCUT2D eigenvalue weighted by Crippen LogP contribution is -2.35. The van der Waals surface area contributed by atoms with Crippen molar-refractivity contribution in [2.24, 2.45) is 5.92 Å². The van der Waals surface area contributed by atoms with Gasteiger partial charge in [0, 0.05) is 13.1 Å². The van der Waals surface area contributed by atoms with Gasteiger partial charge in [-0.1, -0.05) is 54.6 Å². The lowest BCUT2D eigenvalue weighted by atomic mass is 9.87. The number of piperidine rings is 1. The van der Waals surface area contributed by atoms with Gasteiger partial charge in [0.25, 0.3) is 5.91 Å². The molecular formula is C27H30N4O. The first-order chi connectivity index (χ1) is 15.8. The molecule has 3 aromatic rings. The van der Waals surface area contributed by atoms with Gasteiger partial charge >= 0.3 is 0 Å². The van der Waals surface area contributed by atoms with Crippen molar-refractivity contribution in [3.8, 4) is 0 Å². The molecule has 1 N–H and O–H groups in total. The zero-order valence-electron chi connectivity index (χ0n) is 18.4. The first kappa shape index (κ1) is 20.7. The second kappa shape index (κ2) is 9.51. The second-order valence-electron chi connectivity index (χ2n) is 9.01. The van der Waals surface area contributed by atoms with Crippen LogP contribution in [0.15, 0.2) is 66.7 Å². The lowest BCUT2D eigenvalue weighted by molar-refractivity contribution is 0.0926. The molecule has 1 aliphatic heterocycles. The van der Waals surface area contributed by atoms with Crippen LogP contribution in [0, 0.1) is 5.92 Å². The number of nitrogens with one attached hydrogen (secondary N) is 1. The Balaban J connectivity index is 1.17. The van der Waals surface area contributed by atoms with E-state index in [9.17, 15) is 4.79 Å². The van der Waals surface area contributed by atoms with Crippen LogP contribution in [0.25, 0.3) is 0 Å². The highest BCUT2D eigenvalue weighted by Gasteiger charge is 2.24. The molecule has 0 bridgehead atoms. The summed E-state index contributed by atoms with van der Waals surface area (Å²) in [6.45, 7) is 1.97.